The van der Waals surface area contributed by atoms with Crippen LogP contribution in [0, 0.1) is 12.8 Å². The Kier molecular flexibility index (Phi) is 7.34. The number of halogens is 3. The van der Waals surface area contributed by atoms with E-state index in [0.29, 0.717) is 26.4 Å². The van der Waals surface area contributed by atoms with Gasteiger partial charge in [-0.1, -0.05) is 12.1 Å². The number of hydrogen-bond acceptors (Lipinski definition) is 6. The number of ether oxygens (including phenoxy) is 2. The molecule has 0 aliphatic carbocycles. The lowest BCUT2D eigenvalue weighted by Gasteiger charge is -2.37. The van der Waals surface area contributed by atoms with Crippen LogP contribution in [0.25, 0.3) is 5.69 Å². The van der Waals surface area contributed by atoms with Crippen LogP contribution in [0.2, 0.25) is 0 Å². The van der Waals surface area contributed by atoms with Gasteiger partial charge in [0.2, 0.25) is 5.43 Å². The Morgan fingerprint density at radius 3 is 2.62 bits per heavy atom. The summed E-state index contributed by atoms with van der Waals surface area (Å²) in [6.07, 6.45) is -3.76. The van der Waals surface area contributed by atoms with Gasteiger partial charge in [0.25, 0.3) is 5.91 Å². The van der Waals surface area contributed by atoms with Gasteiger partial charge in [-0.2, -0.15) is 18.3 Å². The molecule has 34 heavy (non-hydrogen) atoms. The molecule has 2 aromatic rings. The summed E-state index contributed by atoms with van der Waals surface area (Å²) in [4.78, 5) is 27.7. The van der Waals surface area contributed by atoms with E-state index < -0.39 is 28.8 Å². The average Bonchev–Trinajstić information content (AvgIpc) is 3.34. The van der Waals surface area contributed by atoms with E-state index in [1.165, 1.54) is 25.1 Å². The van der Waals surface area contributed by atoms with E-state index in [1.54, 1.807) is 0 Å². The standard InChI is InChI=1S/C23H27F3N4O4/c1-15-12-20(31)21(28-30(15)18-5-3-2-4-17(18)23(24,25)26)22(32)27-13-19(16-6-9-34-14-16)29-7-10-33-11-8-29/h2-5,12,16,19H,6-11,13-14H2,1H3,(H,27,32). The topological polar surface area (TPSA) is 85.7 Å². The molecule has 2 aliphatic rings. The van der Waals surface area contributed by atoms with Crippen LogP contribution in [0.1, 0.15) is 28.2 Å². The molecule has 2 aliphatic heterocycles. The molecule has 0 spiro atoms. The lowest BCUT2D eigenvalue weighted by Crippen LogP contribution is -2.52. The molecule has 2 unspecified atom stereocenters. The summed E-state index contributed by atoms with van der Waals surface area (Å²) in [7, 11) is 0. The Balaban J connectivity index is 1.58. The molecular weight excluding hydrogens is 453 g/mol. The van der Waals surface area contributed by atoms with Crippen molar-refractivity contribution < 1.29 is 27.4 Å². The number of morpholine rings is 1. The molecule has 1 aromatic heterocycles. The van der Waals surface area contributed by atoms with Gasteiger partial charge in [-0.15, -0.1) is 0 Å². The fourth-order valence-corrected chi connectivity index (χ4v) is 4.49. The van der Waals surface area contributed by atoms with Crippen molar-refractivity contribution in [2.75, 3.05) is 46.1 Å². The van der Waals surface area contributed by atoms with Crippen LogP contribution < -0.4 is 10.7 Å². The van der Waals surface area contributed by atoms with Crippen LogP contribution in [-0.4, -0.2) is 72.7 Å². The second kappa shape index (κ2) is 10.2. The third-order valence-electron chi connectivity index (χ3n) is 6.26. The van der Waals surface area contributed by atoms with Crippen molar-refractivity contribution in [3.8, 4) is 5.69 Å². The fourth-order valence-electron chi connectivity index (χ4n) is 4.49. The molecule has 2 fully saturated rings. The summed E-state index contributed by atoms with van der Waals surface area (Å²) < 4.78 is 52.5. The number of nitrogens with one attached hydrogen (secondary N) is 1. The number of carbonyl (C=O) groups excluding carboxylic acids is 1. The molecule has 1 aromatic carbocycles. The Hall–Kier alpha value is -2.76. The van der Waals surface area contributed by atoms with Gasteiger partial charge in [0.15, 0.2) is 5.69 Å². The number of nitrogens with zero attached hydrogens (tertiary/aromatic N) is 3. The molecule has 8 nitrogen and oxygen atoms in total. The molecule has 3 heterocycles. The highest BCUT2D eigenvalue weighted by Crippen LogP contribution is 2.33. The molecular formula is C23H27F3N4O4. The second-order valence-electron chi connectivity index (χ2n) is 8.47. The van der Waals surface area contributed by atoms with E-state index in [-0.39, 0.29) is 29.9 Å². The first-order valence-electron chi connectivity index (χ1n) is 11.2. The summed E-state index contributed by atoms with van der Waals surface area (Å²) >= 11 is 0. The lowest BCUT2D eigenvalue weighted by atomic mass is 9.97. The highest BCUT2D eigenvalue weighted by Gasteiger charge is 2.35. The molecule has 0 radical (unpaired) electrons. The quantitative estimate of drug-likeness (QED) is 0.681. The number of aromatic nitrogens is 2. The van der Waals surface area contributed by atoms with Gasteiger partial charge < -0.3 is 14.8 Å². The molecule has 2 saturated heterocycles. The van der Waals surface area contributed by atoms with Crippen LogP contribution in [0.3, 0.4) is 0 Å². The van der Waals surface area contributed by atoms with Crippen LogP contribution >= 0.6 is 0 Å². The third kappa shape index (κ3) is 5.31. The van der Waals surface area contributed by atoms with Crippen LogP contribution in [-0.2, 0) is 15.7 Å². The Morgan fingerprint density at radius 1 is 1.21 bits per heavy atom. The first-order chi connectivity index (χ1) is 16.3. The van der Waals surface area contributed by atoms with E-state index >= 15 is 0 Å². The van der Waals surface area contributed by atoms with Gasteiger partial charge in [-0.05, 0) is 25.5 Å². The molecule has 4 rings (SSSR count). The SMILES string of the molecule is Cc1cc(=O)c(C(=O)NCC(C2CCOC2)N2CCOCC2)nn1-c1ccccc1C(F)(F)F. The summed E-state index contributed by atoms with van der Waals surface area (Å²) in [5, 5.41) is 6.82. The number of amides is 1. The Bertz CT molecular complexity index is 1080. The van der Waals surface area contributed by atoms with Crippen molar-refractivity contribution in [1.29, 1.82) is 0 Å². The van der Waals surface area contributed by atoms with Crippen molar-refractivity contribution in [3.63, 3.8) is 0 Å². The minimum Gasteiger partial charge on any atom is -0.381 e. The van der Waals surface area contributed by atoms with Gasteiger partial charge in [-0.25, -0.2) is 4.68 Å². The molecule has 11 heteroatoms. The second-order valence-corrected chi connectivity index (χ2v) is 8.47. The third-order valence-corrected chi connectivity index (χ3v) is 6.26. The van der Waals surface area contributed by atoms with E-state index in [1.807, 2.05) is 0 Å². The van der Waals surface area contributed by atoms with Crippen molar-refractivity contribution >= 4 is 5.91 Å². The summed E-state index contributed by atoms with van der Waals surface area (Å²) in [5.41, 5.74) is -2.08. The fraction of sp³-hybridized carbons (Fsp3) is 0.522. The van der Waals surface area contributed by atoms with Crippen LogP contribution in [0.5, 0.6) is 0 Å². The van der Waals surface area contributed by atoms with Crippen molar-refractivity contribution in [3.05, 3.63) is 57.5 Å². The molecule has 1 N–H and O–H groups in total. The zero-order valence-electron chi connectivity index (χ0n) is 18.8. The number of para-hydroxylation sites is 1. The van der Waals surface area contributed by atoms with Crippen LogP contribution in [0.4, 0.5) is 13.2 Å². The largest absolute Gasteiger partial charge is 0.418 e. The van der Waals surface area contributed by atoms with Crippen molar-refractivity contribution in [2.45, 2.75) is 25.6 Å². The predicted octanol–water partition coefficient (Wildman–Crippen LogP) is 2.03. The highest BCUT2D eigenvalue weighted by molar-refractivity contribution is 5.92. The summed E-state index contributed by atoms with van der Waals surface area (Å²) in [6, 6.07) is 6.03. The van der Waals surface area contributed by atoms with Crippen molar-refractivity contribution in [1.82, 2.24) is 20.0 Å². The highest BCUT2D eigenvalue weighted by atomic mass is 19.4. The molecule has 2 atom stereocenters. The number of alkyl halides is 3. The molecule has 0 bridgehead atoms. The van der Waals surface area contributed by atoms with E-state index in [4.69, 9.17) is 9.47 Å². The minimum absolute atomic E-state index is 0.00557. The zero-order valence-corrected chi connectivity index (χ0v) is 18.8. The average molecular weight is 480 g/mol. The van der Waals surface area contributed by atoms with E-state index in [0.717, 1.165) is 36.3 Å². The zero-order chi connectivity index (χ0) is 24.3. The lowest BCUT2D eigenvalue weighted by molar-refractivity contribution is -0.137. The van der Waals surface area contributed by atoms with Gasteiger partial charge in [0, 0.05) is 50.0 Å². The maximum absolute atomic E-state index is 13.5. The van der Waals surface area contributed by atoms with Gasteiger partial charge >= 0.3 is 6.18 Å². The van der Waals surface area contributed by atoms with Gasteiger partial charge in [-0.3, -0.25) is 14.5 Å². The van der Waals surface area contributed by atoms with Gasteiger partial charge in [0.1, 0.15) is 0 Å². The Morgan fingerprint density at radius 2 is 1.94 bits per heavy atom. The van der Waals surface area contributed by atoms with Crippen molar-refractivity contribution in [2.24, 2.45) is 5.92 Å². The van der Waals surface area contributed by atoms with E-state index in [9.17, 15) is 22.8 Å². The molecule has 0 saturated carbocycles. The minimum atomic E-state index is -4.62. The summed E-state index contributed by atoms with van der Waals surface area (Å²) in [5.74, 6) is -0.500. The molecule has 1 amide bonds. The first kappa shape index (κ1) is 24.4. The van der Waals surface area contributed by atoms with Crippen LogP contribution in [0.15, 0.2) is 35.1 Å². The predicted molar refractivity (Wildman–Crippen MR) is 117 cm³/mol. The number of benzene rings is 1. The molecule has 184 valence electrons. The number of rotatable bonds is 6. The Labute approximate surface area is 194 Å². The normalized spacial score (nSPS) is 20.3. The summed E-state index contributed by atoms with van der Waals surface area (Å²) in [6.45, 7) is 5.62. The maximum atomic E-state index is 13.5. The van der Waals surface area contributed by atoms with E-state index in [2.05, 4.69) is 15.3 Å². The maximum Gasteiger partial charge on any atom is 0.418 e. The number of carbonyl (C=O) groups is 1. The monoisotopic (exact) mass is 480 g/mol. The smallest absolute Gasteiger partial charge is 0.381 e. The van der Waals surface area contributed by atoms with Gasteiger partial charge in [0.05, 0.1) is 31.1 Å². The first-order valence-corrected chi connectivity index (χ1v) is 11.2. The number of aryl methyl sites for hydroxylation is 1. The number of hydrogen-bond donors (Lipinski definition) is 1.